The normalized spacial score (nSPS) is 27.8. The van der Waals surface area contributed by atoms with Gasteiger partial charge in [-0.3, -0.25) is 29.4 Å². The molecule has 148 valence electrons. The number of nitrogens with one attached hydrogen (secondary N) is 3. The minimum absolute atomic E-state index is 0.0752. The molecule has 0 aromatic heterocycles. The molecule has 3 aliphatic rings. The van der Waals surface area contributed by atoms with Crippen molar-refractivity contribution in [2.24, 2.45) is 0 Å². The molecule has 2 fully saturated rings. The topological polar surface area (TPSA) is 108 Å². The number of nitrogens with zero attached hydrogens (tertiary/aromatic N) is 1. The van der Waals surface area contributed by atoms with Crippen molar-refractivity contribution < 1.29 is 23.6 Å². The standard InChI is InChI=1S/C19H21FN4O4/c20-12-9-21-7-6-13(12)22-8-10-2-1-3-11-16(10)19(28)24(18(11)27)14-4-5-15(25)23-17(14)26/h1-3,12-14,21-22H,4-9H2,(H,23,25,26). The van der Waals surface area contributed by atoms with Gasteiger partial charge in [-0.05, 0) is 31.0 Å². The minimum Gasteiger partial charge on any atom is -0.314 e. The van der Waals surface area contributed by atoms with Gasteiger partial charge in [0.1, 0.15) is 12.2 Å². The van der Waals surface area contributed by atoms with Crippen LogP contribution in [0, 0.1) is 0 Å². The summed E-state index contributed by atoms with van der Waals surface area (Å²) in [5.41, 5.74) is 1.07. The number of fused-ring (bicyclic) bond motifs is 1. The number of benzene rings is 1. The third-order valence-electron chi connectivity index (χ3n) is 5.52. The highest BCUT2D eigenvalue weighted by atomic mass is 19.1. The number of piperidine rings is 2. The number of imide groups is 2. The SMILES string of the molecule is O=C1CCC(N2C(=O)c3cccc(CNC4CCNCC4F)c3C2=O)C(=O)N1. The van der Waals surface area contributed by atoms with Gasteiger partial charge in [0.15, 0.2) is 0 Å². The lowest BCUT2D eigenvalue weighted by Gasteiger charge is -2.28. The summed E-state index contributed by atoms with van der Waals surface area (Å²) in [7, 11) is 0. The van der Waals surface area contributed by atoms with Crippen molar-refractivity contribution >= 4 is 23.6 Å². The fourth-order valence-electron chi connectivity index (χ4n) is 4.02. The van der Waals surface area contributed by atoms with Gasteiger partial charge in [-0.1, -0.05) is 12.1 Å². The quantitative estimate of drug-likeness (QED) is 0.621. The van der Waals surface area contributed by atoms with Crippen LogP contribution in [0.2, 0.25) is 0 Å². The molecule has 2 saturated heterocycles. The fraction of sp³-hybridized carbons (Fsp3) is 0.474. The molecular weight excluding hydrogens is 367 g/mol. The van der Waals surface area contributed by atoms with Crippen LogP contribution < -0.4 is 16.0 Å². The van der Waals surface area contributed by atoms with Gasteiger partial charge in [0.05, 0.1) is 11.1 Å². The van der Waals surface area contributed by atoms with E-state index in [-0.39, 0.29) is 43.1 Å². The molecule has 8 nitrogen and oxygen atoms in total. The third kappa shape index (κ3) is 3.20. The van der Waals surface area contributed by atoms with E-state index in [2.05, 4.69) is 16.0 Å². The van der Waals surface area contributed by atoms with Crippen molar-refractivity contribution in [3.63, 3.8) is 0 Å². The van der Waals surface area contributed by atoms with E-state index < -0.39 is 35.8 Å². The van der Waals surface area contributed by atoms with E-state index in [1.807, 2.05) is 0 Å². The molecule has 3 atom stereocenters. The van der Waals surface area contributed by atoms with Gasteiger partial charge in [-0.2, -0.15) is 0 Å². The van der Waals surface area contributed by atoms with Crippen LogP contribution in [0.1, 0.15) is 45.5 Å². The van der Waals surface area contributed by atoms with Crippen molar-refractivity contribution in [2.75, 3.05) is 13.1 Å². The van der Waals surface area contributed by atoms with Crippen LogP contribution in [0.4, 0.5) is 4.39 Å². The van der Waals surface area contributed by atoms with Crippen LogP contribution >= 0.6 is 0 Å². The van der Waals surface area contributed by atoms with E-state index in [1.54, 1.807) is 18.2 Å². The van der Waals surface area contributed by atoms with Crippen molar-refractivity contribution in [1.29, 1.82) is 0 Å². The Balaban J connectivity index is 1.56. The number of carbonyl (C=O) groups is 4. The summed E-state index contributed by atoms with van der Waals surface area (Å²) in [4.78, 5) is 50.3. The first-order chi connectivity index (χ1) is 13.5. The van der Waals surface area contributed by atoms with Crippen LogP contribution in [0.15, 0.2) is 18.2 Å². The van der Waals surface area contributed by atoms with Crippen LogP contribution in [-0.2, 0) is 16.1 Å². The molecule has 0 radical (unpaired) electrons. The van der Waals surface area contributed by atoms with E-state index in [0.717, 1.165) is 4.90 Å². The highest BCUT2D eigenvalue weighted by Crippen LogP contribution is 2.30. The Bertz CT molecular complexity index is 858. The van der Waals surface area contributed by atoms with Gasteiger partial charge in [-0.15, -0.1) is 0 Å². The van der Waals surface area contributed by atoms with E-state index in [4.69, 9.17) is 0 Å². The smallest absolute Gasteiger partial charge is 0.262 e. The lowest BCUT2D eigenvalue weighted by atomic mass is 10.0. The molecule has 9 heteroatoms. The third-order valence-corrected chi connectivity index (χ3v) is 5.52. The minimum atomic E-state index is -1.03. The molecule has 3 unspecified atom stereocenters. The Hall–Kier alpha value is -2.65. The van der Waals surface area contributed by atoms with Gasteiger partial charge in [0.25, 0.3) is 11.8 Å². The number of alkyl halides is 1. The average molecular weight is 388 g/mol. The van der Waals surface area contributed by atoms with Gasteiger partial charge in [0, 0.05) is 25.6 Å². The Morgan fingerprint density at radius 3 is 2.71 bits per heavy atom. The van der Waals surface area contributed by atoms with Crippen molar-refractivity contribution in [3.05, 3.63) is 34.9 Å². The molecule has 4 amide bonds. The zero-order valence-electron chi connectivity index (χ0n) is 15.2. The molecular formula is C19H21FN4O4. The summed E-state index contributed by atoms with van der Waals surface area (Å²) >= 11 is 0. The van der Waals surface area contributed by atoms with Crippen molar-refractivity contribution in [3.8, 4) is 0 Å². The zero-order valence-corrected chi connectivity index (χ0v) is 15.2. The summed E-state index contributed by atoms with van der Waals surface area (Å²) in [5, 5.41) is 8.30. The summed E-state index contributed by atoms with van der Waals surface area (Å²) in [6.45, 7) is 1.24. The molecule has 4 rings (SSSR count). The van der Waals surface area contributed by atoms with Gasteiger partial charge >= 0.3 is 0 Å². The number of carbonyl (C=O) groups excluding carboxylic acids is 4. The maximum atomic E-state index is 14.0. The second kappa shape index (κ2) is 7.40. The van der Waals surface area contributed by atoms with Crippen LogP contribution in [0.3, 0.4) is 0 Å². The van der Waals surface area contributed by atoms with Crippen LogP contribution in [0.5, 0.6) is 0 Å². The lowest BCUT2D eigenvalue weighted by molar-refractivity contribution is -0.136. The first kappa shape index (κ1) is 18.7. The lowest BCUT2D eigenvalue weighted by Crippen LogP contribution is -2.54. The number of amides is 4. The van der Waals surface area contributed by atoms with Crippen molar-refractivity contribution in [1.82, 2.24) is 20.9 Å². The number of hydrogen-bond acceptors (Lipinski definition) is 6. The molecule has 1 aromatic rings. The molecule has 3 N–H and O–H groups in total. The molecule has 0 saturated carbocycles. The largest absolute Gasteiger partial charge is 0.314 e. The summed E-state index contributed by atoms with van der Waals surface area (Å²) in [6, 6.07) is 3.62. The highest BCUT2D eigenvalue weighted by Gasteiger charge is 2.45. The molecule has 0 spiro atoms. The van der Waals surface area contributed by atoms with Gasteiger partial charge in [0.2, 0.25) is 11.8 Å². The first-order valence-electron chi connectivity index (χ1n) is 9.39. The van der Waals surface area contributed by atoms with E-state index in [0.29, 0.717) is 18.5 Å². The molecule has 28 heavy (non-hydrogen) atoms. The van der Waals surface area contributed by atoms with E-state index >= 15 is 0 Å². The van der Waals surface area contributed by atoms with Gasteiger partial charge < -0.3 is 10.6 Å². The molecule has 0 bridgehead atoms. The fourth-order valence-corrected chi connectivity index (χ4v) is 4.02. The molecule has 3 heterocycles. The van der Waals surface area contributed by atoms with Gasteiger partial charge in [-0.25, -0.2) is 4.39 Å². The Kier molecular flexibility index (Phi) is 4.94. The van der Waals surface area contributed by atoms with E-state index in [9.17, 15) is 23.6 Å². The predicted molar refractivity (Wildman–Crippen MR) is 96.1 cm³/mol. The Morgan fingerprint density at radius 1 is 1.14 bits per heavy atom. The van der Waals surface area contributed by atoms with E-state index in [1.165, 1.54) is 0 Å². The zero-order chi connectivity index (χ0) is 19.8. The highest BCUT2D eigenvalue weighted by molar-refractivity contribution is 6.24. The number of rotatable bonds is 4. The average Bonchev–Trinajstić information content (AvgIpc) is 2.93. The Morgan fingerprint density at radius 2 is 1.96 bits per heavy atom. The predicted octanol–water partition coefficient (Wildman–Crippen LogP) is -0.123. The molecule has 3 aliphatic heterocycles. The maximum Gasteiger partial charge on any atom is 0.262 e. The Labute approximate surface area is 160 Å². The maximum absolute atomic E-state index is 14.0. The molecule has 1 aromatic carbocycles. The second-order valence-corrected chi connectivity index (χ2v) is 7.28. The summed E-state index contributed by atoms with van der Waals surface area (Å²) in [6.07, 6.45) is -0.206. The summed E-state index contributed by atoms with van der Waals surface area (Å²) in [5.74, 6) is -2.14. The molecule has 0 aliphatic carbocycles. The second-order valence-electron chi connectivity index (χ2n) is 7.28. The summed E-state index contributed by atoms with van der Waals surface area (Å²) < 4.78 is 14.0. The monoisotopic (exact) mass is 388 g/mol. The first-order valence-corrected chi connectivity index (χ1v) is 9.39. The number of hydrogen-bond donors (Lipinski definition) is 3. The van der Waals surface area contributed by atoms with Crippen LogP contribution in [-0.4, -0.2) is 59.9 Å². The van der Waals surface area contributed by atoms with Crippen LogP contribution in [0.25, 0.3) is 0 Å². The van der Waals surface area contributed by atoms with Crippen molar-refractivity contribution in [2.45, 2.75) is 44.1 Å². The number of halogens is 1.